The largest absolute Gasteiger partial charge is 0.508 e. The van der Waals surface area contributed by atoms with E-state index in [4.69, 9.17) is 28.1 Å². The van der Waals surface area contributed by atoms with Crippen LogP contribution in [0.1, 0.15) is 0 Å². The highest BCUT2D eigenvalue weighted by Gasteiger charge is 2.46. The van der Waals surface area contributed by atoms with Crippen molar-refractivity contribution in [1.29, 1.82) is 0 Å². The molecule has 2 fully saturated rings. The summed E-state index contributed by atoms with van der Waals surface area (Å²) in [6, 6.07) is 7.63. The zero-order valence-electron chi connectivity index (χ0n) is 23.0. The summed E-state index contributed by atoms with van der Waals surface area (Å²) in [6.07, 6.45) is -15.6. The normalized spacial score (nSPS) is 32.4. The summed E-state index contributed by atoms with van der Waals surface area (Å²) in [6.45, 7) is -1.35. The van der Waals surface area contributed by atoms with Crippen molar-refractivity contribution in [3.05, 3.63) is 46.6 Å². The van der Waals surface area contributed by atoms with Gasteiger partial charge in [0, 0.05) is 23.8 Å². The number of phenols is 1. The number of fused-ring (bicyclic) bond motifs is 1. The van der Waals surface area contributed by atoms with Gasteiger partial charge in [0.25, 0.3) is 0 Å². The molecule has 0 aliphatic carbocycles. The van der Waals surface area contributed by atoms with Gasteiger partial charge in [-0.25, -0.2) is 0 Å². The van der Waals surface area contributed by atoms with E-state index in [1.54, 1.807) is 0 Å². The van der Waals surface area contributed by atoms with Crippen LogP contribution in [0.2, 0.25) is 0 Å². The summed E-state index contributed by atoms with van der Waals surface area (Å²) < 4.78 is 33.2. The molecule has 10 atom stereocenters. The third kappa shape index (κ3) is 5.92. The highest BCUT2D eigenvalue weighted by molar-refractivity contribution is 5.86. The first kappa shape index (κ1) is 31.9. The van der Waals surface area contributed by atoms with Crippen molar-refractivity contribution < 1.29 is 74.1 Å². The van der Waals surface area contributed by atoms with Crippen molar-refractivity contribution in [1.82, 2.24) is 0 Å². The topological polar surface area (TPSA) is 258 Å². The highest BCUT2D eigenvalue weighted by Crippen LogP contribution is 2.37. The molecule has 0 radical (unpaired) electrons. The first-order valence-corrected chi connectivity index (χ1v) is 13.4. The molecule has 16 heteroatoms. The molecule has 9 N–H and O–H groups in total. The van der Waals surface area contributed by atoms with Crippen molar-refractivity contribution in [2.24, 2.45) is 0 Å². The molecular formula is C28H32O16. The van der Waals surface area contributed by atoms with Crippen LogP contribution in [0.5, 0.6) is 23.0 Å². The van der Waals surface area contributed by atoms with Gasteiger partial charge in [0.05, 0.1) is 20.3 Å². The van der Waals surface area contributed by atoms with E-state index in [2.05, 4.69) is 0 Å². The van der Waals surface area contributed by atoms with E-state index < -0.39 is 85.8 Å². The van der Waals surface area contributed by atoms with E-state index in [0.29, 0.717) is 5.56 Å². The minimum Gasteiger partial charge on any atom is -0.508 e. The standard InChI is InChI=1S/C28H32O16/c1-39-15-4-10(2-3-13(15)41-27-25(37)23(35)21(33)18(8-29)43-27)14-7-12(32)20-16(40-14)5-11(31)6-17(20)42-28-26(38)24(36)22(34)19(9-30)44-28/h2-7,18-19,21-31,33-38H,8-9H2,1H3/t18-,19-,21-,22-,23+,24+,25-,26-,27-,28-/m1/s1. The predicted octanol–water partition coefficient (Wildman–Crippen LogP) is -2.47. The molecule has 0 unspecified atom stereocenters. The molecule has 44 heavy (non-hydrogen) atoms. The molecule has 0 bridgehead atoms. The number of ether oxygens (including phenoxy) is 5. The number of rotatable bonds is 8. The van der Waals surface area contributed by atoms with Crippen LogP contribution in [0.3, 0.4) is 0 Å². The van der Waals surface area contributed by atoms with E-state index in [9.17, 15) is 50.8 Å². The van der Waals surface area contributed by atoms with Crippen molar-refractivity contribution in [2.75, 3.05) is 20.3 Å². The number of aromatic hydroxyl groups is 1. The van der Waals surface area contributed by atoms with Crippen LogP contribution in [0, 0.1) is 0 Å². The van der Waals surface area contributed by atoms with Crippen LogP contribution in [-0.2, 0) is 9.47 Å². The van der Waals surface area contributed by atoms with Crippen molar-refractivity contribution in [3.63, 3.8) is 0 Å². The summed E-state index contributed by atoms with van der Waals surface area (Å²) >= 11 is 0. The molecule has 2 aromatic carbocycles. The summed E-state index contributed by atoms with van der Waals surface area (Å²) in [5, 5.41) is 89.8. The van der Waals surface area contributed by atoms with E-state index in [1.165, 1.54) is 25.3 Å². The minimum atomic E-state index is -1.77. The van der Waals surface area contributed by atoms with Gasteiger partial charge in [0.15, 0.2) is 16.9 Å². The maximum atomic E-state index is 13.3. The van der Waals surface area contributed by atoms with Crippen LogP contribution in [0.4, 0.5) is 0 Å². The number of hydrogen-bond donors (Lipinski definition) is 9. The Kier molecular flexibility index (Phi) is 9.28. The molecule has 2 saturated heterocycles. The first-order valence-electron chi connectivity index (χ1n) is 13.4. The van der Waals surface area contributed by atoms with Crippen LogP contribution in [0.25, 0.3) is 22.3 Å². The fraction of sp³-hybridized carbons (Fsp3) is 0.464. The number of aliphatic hydroxyl groups excluding tert-OH is 8. The minimum absolute atomic E-state index is 0.0181. The Morgan fingerprint density at radius 1 is 0.705 bits per heavy atom. The van der Waals surface area contributed by atoms with Gasteiger partial charge in [-0.05, 0) is 18.2 Å². The van der Waals surface area contributed by atoms with E-state index in [1.807, 2.05) is 0 Å². The molecule has 16 nitrogen and oxygen atoms in total. The van der Waals surface area contributed by atoms with Crippen LogP contribution in [-0.4, -0.2) is 128 Å². The van der Waals surface area contributed by atoms with Gasteiger partial charge in [-0.2, -0.15) is 0 Å². The molecule has 5 rings (SSSR count). The Balaban J connectivity index is 1.44. The lowest BCUT2D eigenvalue weighted by molar-refractivity contribution is -0.277. The molecule has 0 amide bonds. The second kappa shape index (κ2) is 12.8. The summed E-state index contributed by atoms with van der Waals surface area (Å²) in [5.41, 5.74) is -0.462. The second-order valence-corrected chi connectivity index (χ2v) is 10.3. The van der Waals surface area contributed by atoms with Gasteiger partial charge in [-0.1, -0.05) is 0 Å². The lowest BCUT2D eigenvalue weighted by Crippen LogP contribution is -2.60. The lowest BCUT2D eigenvalue weighted by Gasteiger charge is -2.39. The van der Waals surface area contributed by atoms with Gasteiger partial charge in [-0.3, -0.25) is 4.79 Å². The smallest absolute Gasteiger partial charge is 0.229 e. The van der Waals surface area contributed by atoms with Gasteiger partial charge in [0.2, 0.25) is 12.6 Å². The fourth-order valence-corrected chi connectivity index (χ4v) is 4.97. The maximum Gasteiger partial charge on any atom is 0.229 e. The molecule has 240 valence electrons. The molecule has 3 aromatic rings. The molecule has 2 aliphatic rings. The van der Waals surface area contributed by atoms with E-state index >= 15 is 0 Å². The van der Waals surface area contributed by atoms with Gasteiger partial charge < -0.3 is 74.1 Å². The average Bonchev–Trinajstić information content (AvgIpc) is 3.01. The Hall–Kier alpha value is -3.55. The third-order valence-corrected chi connectivity index (χ3v) is 7.41. The average molecular weight is 625 g/mol. The number of phenolic OH excluding ortho intramolecular Hbond substituents is 1. The Labute approximate surface area is 248 Å². The second-order valence-electron chi connectivity index (χ2n) is 10.3. The molecule has 0 spiro atoms. The number of benzene rings is 2. The monoisotopic (exact) mass is 624 g/mol. The fourth-order valence-electron chi connectivity index (χ4n) is 4.97. The van der Waals surface area contributed by atoms with Crippen molar-refractivity contribution in [3.8, 4) is 34.3 Å². The SMILES string of the molecule is COc1cc(-c2cc(=O)c3c(O[C@@H]4O[C@H](CO)[C@@H](O)[C@H](O)[C@H]4O)cc(O)cc3o2)ccc1O[C@@H]1O[C@H](CO)[C@@H](O)[C@H](O)[C@H]1O. The molecule has 3 heterocycles. The highest BCUT2D eigenvalue weighted by atomic mass is 16.7. The zero-order valence-corrected chi connectivity index (χ0v) is 23.0. The molecular weight excluding hydrogens is 592 g/mol. The molecule has 2 aliphatic heterocycles. The number of aliphatic hydroxyl groups is 8. The Morgan fingerprint density at radius 3 is 1.82 bits per heavy atom. The maximum absolute atomic E-state index is 13.3. The van der Waals surface area contributed by atoms with E-state index in [0.717, 1.165) is 18.2 Å². The van der Waals surface area contributed by atoms with Crippen molar-refractivity contribution in [2.45, 2.75) is 61.4 Å². The lowest BCUT2D eigenvalue weighted by atomic mass is 9.99. The van der Waals surface area contributed by atoms with Gasteiger partial charge in [-0.15, -0.1) is 0 Å². The van der Waals surface area contributed by atoms with Crippen LogP contribution < -0.4 is 19.6 Å². The Morgan fingerprint density at radius 2 is 1.27 bits per heavy atom. The number of methoxy groups -OCH3 is 1. The quantitative estimate of drug-likeness (QED) is 0.126. The molecule has 1 aromatic heterocycles. The molecule has 0 saturated carbocycles. The Bertz CT molecular complexity index is 1520. The first-order chi connectivity index (χ1) is 21.0. The predicted molar refractivity (Wildman–Crippen MR) is 145 cm³/mol. The summed E-state index contributed by atoms with van der Waals surface area (Å²) in [7, 11) is 1.32. The van der Waals surface area contributed by atoms with Gasteiger partial charge >= 0.3 is 0 Å². The third-order valence-electron chi connectivity index (χ3n) is 7.41. The summed E-state index contributed by atoms with van der Waals surface area (Å²) in [4.78, 5) is 13.3. The van der Waals surface area contributed by atoms with Crippen LogP contribution >= 0.6 is 0 Å². The van der Waals surface area contributed by atoms with Gasteiger partial charge in [0.1, 0.15) is 77.1 Å². The number of hydrogen-bond acceptors (Lipinski definition) is 16. The summed E-state index contributed by atoms with van der Waals surface area (Å²) in [5.74, 6) is -0.519. The van der Waals surface area contributed by atoms with Crippen molar-refractivity contribution >= 4 is 11.0 Å². The van der Waals surface area contributed by atoms with Crippen LogP contribution in [0.15, 0.2) is 45.6 Å². The zero-order chi connectivity index (χ0) is 31.9. The van der Waals surface area contributed by atoms with E-state index in [-0.39, 0.29) is 34.0 Å².